The van der Waals surface area contributed by atoms with Gasteiger partial charge in [-0.25, -0.2) is 0 Å². The van der Waals surface area contributed by atoms with Crippen LogP contribution in [-0.4, -0.2) is 7.05 Å². The van der Waals surface area contributed by atoms with Gasteiger partial charge in [0.1, 0.15) is 0 Å². The summed E-state index contributed by atoms with van der Waals surface area (Å²) >= 11 is 0. The number of rotatable bonds is 5. The molecule has 0 atom stereocenters. The average molecular weight is 184 g/mol. The van der Waals surface area contributed by atoms with Crippen molar-refractivity contribution in [2.75, 3.05) is 7.05 Å². The van der Waals surface area contributed by atoms with E-state index in [1.807, 2.05) is 0 Å². The van der Waals surface area contributed by atoms with Crippen LogP contribution in [-0.2, 0) is 0 Å². The topological polar surface area (TPSA) is 160 Å². The minimum absolute atomic E-state index is 1.42. The van der Waals surface area contributed by atoms with Gasteiger partial charge < -0.3 is 0 Å². The van der Waals surface area contributed by atoms with Gasteiger partial charge in [-0.3, -0.25) is 0 Å². The zero-order valence-electron chi connectivity index (χ0n) is 6.42. The second-order valence-electron chi connectivity index (χ2n) is 1.10. The maximum absolute atomic E-state index is 6.15. The lowest BCUT2D eigenvalue weighted by molar-refractivity contribution is 0.757. The second kappa shape index (κ2) is 9.60. The van der Waals surface area contributed by atoms with Gasteiger partial charge in [-0.05, 0) is 52.2 Å². The van der Waals surface area contributed by atoms with Crippen LogP contribution in [0.1, 0.15) is 0 Å². The van der Waals surface area contributed by atoms with Gasteiger partial charge in [-0.1, -0.05) is 0 Å². The molecule has 0 aromatic heterocycles. The fourth-order valence-electron chi connectivity index (χ4n) is 0.185. The van der Waals surface area contributed by atoms with E-state index < -0.39 is 0 Å². The van der Waals surface area contributed by atoms with Crippen molar-refractivity contribution in [1.82, 2.24) is 0 Å². The highest BCUT2D eigenvalue weighted by Gasteiger charge is 1.67. The number of hydrogen-bond acceptors (Lipinski definition) is 2. The van der Waals surface area contributed by atoms with Gasteiger partial charge in [0.25, 0.3) is 0 Å². The van der Waals surface area contributed by atoms with Crippen LogP contribution in [0.4, 0.5) is 0 Å². The lowest BCUT2D eigenvalue weighted by Gasteiger charge is -1.67. The van der Waals surface area contributed by atoms with Crippen molar-refractivity contribution in [3.05, 3.63) is 0 Å². The lowest BCUT2D eigenvalue weighted by Crippen LogP contribution is -1.49. The van der Waals surface area contributed by atoms with E-state index in [1.54, 1.807) is 0 Å². The summed E-state index contributed by atoms with van der Waals surface area (Å²) in [6, 6.07) is 0. The van der Waals surface area contributed by atoms with Crippen LogP contribution >= 0.6 is 0 Å². The molecule has 12 nitrogen and oxygen atoms in total. The minimum atomic E-state index is 1.42. The Labute approximate surface area is 71.1 Å². The fraction of sp³-hybridized carbons (Fsp3) is 1.00. The first kappa shape index (κ1) is 10.6. The van der Waals surface area contributed by atoms with Crippen molar-refractivity contribution < 1.29 is 0 Å². The number of nitrogens with zero attached hydrogens (tertiary/aromatic N) is 11. The summed E-state index contributed by atoms with van der Waals surface area (Å²) in [5.41, 5.74) is 6.15. The zero-order valence-corrected chi connectivity index (χ0v) is 6.42. The molecule has 0 bridgehead atoms. The molecule has 12 heteroatoms. The molecule has 0 aliphatic carbocycles. The van der Waals surface area contributed by atoms with Gasteiger partial charge in [-0.2, -0.15) is 10.6 Å². The molecular formula is CH4N12. The van der Waals surface area contributed by atoms with Crippen molar-refractivity contribution in [3.8, 4) is 0 Å². The molecule has 0 unspecified atom stereocenters. The van der Waals surface area contributed by atoms with Crippen LogP contribution in [0.15, 0.2) is 57.3 Å². The Bertz CT molecular complexity index is 252. The molecule has 0 amide bonds. The van der Waals surface area contributed by atoms with Gasteiger partial charge in [0, 0.05) is 0 Å². The molecule has 0 fully saturated rings. The van der Waals surface area contributed by atoms with Crippen molar-refractivity contribution in [1.29, 1.82) is 5.53 Å². The van der Waals surface area contributed by atoms with Crippen LogP contribution in [0.3, 0.4) is 0 Å². The molecule has 0 saturated carbocycles. The molecule has 0 saturated heterocycles. The van der Waals surface area contributed by atoms with Gasteiger partial charge in [0.2, 0.25) is 0 Å². The van der Waals surface area contributed by atoms with E-state index in [9.17, 15) is 0 Å². The molecule has 0 radical (unpaired) electrons. The summed E-state index contributed by atoms with van der Waals surface area (Å²) in [6.45, 7) is 0. The van der Waals surface area contributed by atoms with Crippen LogP contribution in [0.5, 0.6) is 0 Å². The second-order valence-corrected chi connectivity index (χ2v) is 1.10. The Morgan fingerprint density at radius 2 is 1.00 bits per heavy atom. The van der Waals surface area contributed by atoms with Gasteiger partial charge in [0.05, 0.1) is 7.05 Å². The molecule has 68 valence electrons. The van der Waals surface area contributed by atoms with E-state index in [2.05, 4.69) is 57.3 Å². The SMILES string of the molecule is C/N=N/N=N/N=N/N=N/N=N/N=N. The van der Waals surface area contributed by atoms with Crippen molar-refractivity contribution in [3.63, 3.8) is 0 Å². The molecule has 0 aromatic carbocycles. The summed E-state index contributed by atoms with van der Waals surface area (Å²) in [5.74, 6) is 0. The molecule has 0 heterocycles. The zero-order chi connectivity index (χ0) is 9.78. The molecule has 1 N–H and O–H groups in total. The van der Waals surface area contributed by atoms with E-state index in [0.29, 0.717) is 0 Å². The lowest BCUT2D eigenvalue weighted by atomic mass is 11.6. The van der Waals surface area contributed by atoms with Crippen molar-refractivity contribution in [2.24, 2.45) is 57.3 Å². The van der Waals surface area contributed by atoms with Gasteiger partial charge in [-0.15, -0.1) is 0 Å². The number of nitrogens with one attached hydrogen (secondary N) is 1. The summed E-state index contributed by atoms with van der Waals surface area (Å²) in [7, 11) is 1.42. The maximum Gasteiger partial charge on any atom is 0.0510 e. The third-order valence-corrected chi connectivity index (χ3v) is 0.454. The Balaban J connectivity index is 3.68. The van der Waals surface area contributed by atoms with Crippen molar-refractivity contribution >= 4 is 0 Å². The van der Waals surface area contributed by atoms with Crippen LogP contribution in [0.2, 0.25) is 0 Å². The Kier molecular flexibility index (Phi) is 7.83. The van der Waals surface area contributed by atoms with E-state index >= 15 is 0 Å². The van der Waals surface area contributed by atoms with E-state index in [0.717, 1.165) is 0 Å². The molecular weight excluding hydrogens is 180 g/mol. The third-order valence-electron chi connectivity index (χ3n) is 0.454. The monoisotopic (exact) mass is 184 g/mol. The predicted molar refractivity (Wildman–Crippen MR) is 35.4 cm³/mol. The van der Waals surface area contributed by atoms with Gasteiger partial charge >= 0.3 is 0 Å². The highest BCUT2D eigenvalue weighted by molar-refractivity contribution is 4.11. The highest BCUT2D eigenvalue weighted by atomic mass is 15.7. The van der Waals surface area contributed by atoms with Gasteiger partial charge in [0.15, 0.2) is 0 Å². The largest absolute Gasteiger partial charge is 0.183 e. The third kappa shape index (κ3) is 9.60. The van der Waals surface area contributed by atoms with Crippen LogP contribution < -0.4 is 0 Å². The molecule has 0 aliphatic heterocycles. The Hall–Kier alpha value is -2.40. The van der Waals surface area contributed by atoms with E-state index in [1.165, 1.54) is 7.05 Å². The van der Waals surface area contributed by atoms with Crippen LogP contribution in [0.25, 0.3) is 0 Å². The fourth-order valence-corrected chi connectivity index (χ4v) is 0.185. The van der Waals surface area contributed by atoms with E-state index in [-0.39, 0.29) is 0 Å². The first-order chi connectivity index (χ1) is 6.41. The summed E-state index contributed by atoms with van der Waals surface area (Å²) in [6.07, 6.45) is 0. The molecule has 13 heavy (non-hydrogen) atoms. The number of hydrogen-bond donors (Lipinski definition) is 1. The predicted octanol–water partition coefficient (Wildman–Crippen LogP) is 2.48. The Morgan fingerprint density at radius 1 is 0.615 bits per heavy atom. The normalized spacial score (nSPS) is 13.3. The Morgan fingerprint density at radius 3 is 1.38 bits per heavy atom. The smallest absolute Gasteiger partial charge is 0.0510 e. The summed E-state index contributed by atoms with van der Waals surface area (Å²) in [5, 5.41) is 32.4. The molecule has 0 rings (SSSR count). The first-order valence-corrected chi connectivity index (χ1v) is 2.67. The maximum atomic E-state index is 6.15. The summed E-state index contributed by atoms with van der Waals surface area (Å²) < 4.78 is 0. The first-order valence-electron chi connectivity index (χ1n) is 2.67. The molecule has 0 aliphatic rings. The minimum Gasteiger partial charge on any atom is -0.183 e. The highest BCUT2D eigenvalue weighted by Crippen LogP contribution is 1.85. The van der Waals surface area contributed by atoms with Crippen LogP contribution in [0, 0.1) is 5.53 Å². The molecule has 0 spiro atoms. The molecule has 0 aromatic rings. The quantitative estimate of drug-likeness (QED) is 0.491. The van der Waals surface area contributed by atoms with Crippen molar-refractivity contribution in [2.45, 2.75) is 0 Å². The average Bonchev–Trinajstić information content (AvgIpc) is 2.16. The van der Waals surface area contributed by atoms with E-state index in [4.69, 9.17) is 5.53 Å². The summed E-state index contributed by atoms with van der Waals surface area (Å²) in [4.78, 5) is 0. The standard InChI is InChI=1S/CH4N12/c1-3-5-7-9-11-13-12-10-8-6-4-2/h2H,1H3/b4-2?,5-3+,8-6+,9-7+,12-10+,13-11+.